The average Bonchev–Trinajstić information content (AvgIpc) is 2.78. The van der Waals surface area contributed by atoms with Gasteiger partial charge in [-0.1, -0.05) is 30.3 Å². The topological polar surface area (TPSA) is 58.4 Å². The maximum Gasteiger partial charge on any atom is 0.258 e. The van der Waals surface area contributed by atoms with Gasteiger partial charge in [-0.15, -0.1) is 0 Å². The Balaban J connectivity index is 1.81. The molecule has 0 aliphatic carbocycles. The molecule has 1 amide bonds. The van der Waals surface area contributed by atoms with E-state index in [2.05, 4.69) is 5.32 Å². The highest BCUT2D eigenvalue weighted by Crippen LogP contribution is 2.36. The molecule has 118 valence electrons. The number of carbonyl (C=O) groups excluding carboxylic acids is 1. The predicted molar refractivity (Wildman–Crippen MR) is 97.5 cm³/mol. The Hall–Kier alpha value is -3.27. The van der Waals surface area contributed by atoms with Crippen LogP contribution in [0.15, 0.2) is 72.8 Å². The van der Waals surface area contributed by atoms with Gasteiger partial charge in [0.05, 0.1) is 17.9 Å². The van der Waals surface area contributed by atoms with Crippen LogP contribution in [-0.4, -0.2) is 5.91 Å². The van der Waals surface area contributed by atoms with Gasteiger partial charge in [0.1, 0.15) is 0 Å². The molecule has 24 heavy (non-hydrogen) atoms. The largest absolute Gasteiger partial charge is 0.399 e. The lowest BCUT2D eigenvalue weighted by Gasteiger charge is -2.23. The molecule has 4 heteroatoms. The molecule has 3 N–H and O–H groups in total. The molecule has 1 aliphatic rings. The summed E-state index contributed by atoms with van der Waals surface area (Å²) in [4.78, 5) is 14.9. The first kappa shape index (κ1) is 14.3. The lowest BCUT2D eigenvalue weighted by molar-refractivity contribution is 0.0985. The van der Waals surface area contributed by atoms with Crippen LogP contribution in [0.2, 0.25) is 0 Å². The fraction of sp³-hybridized carbons (Fsp3) is 0.0500. The number of amides is 1. The van der Waals surface area contributed by atoms with Gasteiger partial charge in [-0.3, -0.25) is 4.79 Å². The molecule has 0 bridgehead atoms. The Labute approximate surface area is 140 Å². The minimum absolute atomic E-state index is 0.0408. The highest BCUT2D eigenvalue weighted by Gasteiger charge is 2.24. The summed E-state index contributed by atoms with van der Waals surface area (Å²) in [6.07, 6.45) is 0. The quantitative estimate of drug-likeness (QED) is 0.663. The number of hydrogen-bond acceptors (Lipinski definition) is 3. The fourth-order valence-corrected chi connectivity index (χ4v) is 2.96. The summed E-state index contributed by atoms with van der Waals surface area (Å²) < 4.78 is 0. The Morgan fingerprint density at radius 2 is 1.54 bits per heavy atom. The number of nitrogens with zero attached hydrogens (tertiary/aromatic N) is 1. The van der Waals surface area contributed by atoms with Crippen LogP contribution in [-0.2, 0) is 6.54 Å². The maximum atomic E-state index is 13.1. The van der Waals surface area contributed by atoms with E-state index in [0.29, 0.717) is 17.8 Å². The number of carbonyl (C=O) groups is 1. The minimum atomic E-state index is -0.0408. The Morgan fingerprint density at radius 3 is 2.33 bits per heavy atom. The van der Waals surface area contributed by atoms with Crippen molar-refractivity contribution in [2.75, 3.05) is 16.0 Å². The van der Waals surface area contributed by atoms with E-state index in [4.69, 9.17) is 5.73 Å². The zero-order valence-corrected chi connectivity index (χ0v) is 13.1. The molecule has 0 radical (unpaired) electrons. The van der Waals surface area contributed by atoms with Crippen LogP contribution >= 0.6 is 0 Å². The van der Waals surface area contributed by atoms with E-state index < -0.39 is 0 Å². The van der Waals surface area contributed by atoms with E-state index in [0.717, 1.165) is 22.6 Å². The van der Waals surface area contributed by atoms with Gasteiger partial charge in [0.2, 0.25) is 0 Å². The summed E-state index contributed by atoms with van der Waals surface area (Å²) in [5.74, 6) is -0.0408. The number of nitrogen functional groups attached to an aromatic ring is 1. The van der Waals surface area contributed by atoms with Gasteiger partial charge in [-0.05, 0) is 48.0 Å². The van der Waals surface area contributed by atoms with Crippen molar-refractivity contribution < 1.29 is 4.79 Å². The number of benzene rings is 3. The fourth-order valence-electron chi connectivity index (χ4n) is 2.96. The SMILES string of the molecule is Nc1ccc(C(=O)N2Cc3ccccc3Nc3ccccc32)cc1. The number of para-hydroxylation sites is 3. The highest BCUT2D eigenvalue weighted by molar-refractivity contribution is 6.08. The molecule has 1 aliphatic heterocycles. The summed E-state index contributed by atoms with van der Waals surface area (Å²) >= 11 is 0. The van der Waals surface area contributed by atoms with Crippen molar-refractivity contribution in [3.8, 4) is 0 Å². The second-order valence-electron chi connectivity index (χ2n) is 5.81. The average molecular weight is 315 g/mol. The molecule has 0 fully saturated rings. The predicted octanol–water partition coefficient (Wildman–Crippen LogP) is 4.17. The van der Waals surface area contributed by atoms with Gasteiger partial charge in [0.25, 0.3) is 5.91 Å². The third-order valence-electron chi connectivity index (χ3n) is 4.21. The smallest absolute Gasteiger partial charge is 0.258 e. The Bertz CT molecular complexity index is 903. The summed E-state index contributed by atoms with van der Waals surface area (Å²) in [5.41, 5.74) is 10.9. The lowest BCUT2D eigenvalue weighted by Crippen LogP contribution is -2.30. The molecule has 4 rings (SSSR count). The van der Waals surface area contributed by atoms with Gasteiger partial charge >= 0.3 is 0 Å². The number of hydrogen-bond donors (Lipinski definition) is 2. The van der Waals surface area contributed by atoms with Crippen molar-refractivity contribution in [2.24, 2.45) is 0 Å². The van der Waals surface area contributed by atoms with Crippen LogP contribution in [0.3, 0.4) is 0 Å². The molecular weight excluding hydrogens is 298 g/mol. The first-order valence-electron chi connectivity index (χ1n) is 7.84. The molecule has 4 nitrogen and oxygen atoms in total. The molecule has 0 atom stereocenters. The number of fused-ring (bicyclic) bond motifs is 2. The van der Waals surface area contributed by atoms with Crippen LogP contribution < -0.4 is 16.0 Å². The molecule has 3 aromatic rings. The molecular formula is C20H17N3O. The highest BCUT2D eigenvalue weighted by atomic mass is 16.2. The van der Waals surface area contributed by atoms with E-state index >= 15 is 0 Å². The monoisotopic (exact) mass is 315 g/mol. The van der Waals surface area contributed by atoms with Gasteiger partial charge in [0.15, 0.2) is 0 Å². The van der Waals surface area contributed by atoms with Gasteiger partial charge < -0.3 is 16.0 Å². The summed E-state index contributed by atoms with van der Waals surface area (Å²) in [7, 11) is 0. The number of rotatable bonds is 1. The van der Waals surface area contributed by atoms with Crippen molar-refractivity contribution in [3.63, 3.8) is 0 Å². The molecule has 1 heterocycles. The van der Waals surface area contributed by atoms with E-state index in [9.17, 15) is 4.79 Å². The van der Waals surface area contributed by atoms with Crippen LogP contribution in [0.25, 0.3) is 0 Å². The van der Waals surface area contributed by atoms with Crippen molar-refractivity contribution in [2.45, 2.75) is 6.54 Å². The van der Waals surface area contributed by atoms with E-state index in [-0.39, 0.29) is 5.91 Å². The Kier molecular flexibility index (Phi) is 3.43. The lowest BCUT2D eigenvalue weighted by atomic mass is 10.1. The molecule has 0 aromatic heterocycles. The molecule has 0 unspecified atom stereocenters. The molecule has 0 spiro atoms. The summed E-state index contributed by atoms with van der Waals surface area (Å²) in [5, 5.41) is 3.43. The first-order valence-corrected chi connectivity index (χ1v) is 7.84. The van der Waals surface area contributed by atoms with Crippen LogP contribution in [0.5, 0.6) is 0 Å². The molecule has 3 aromatic carbocycles. The maximum absolute atomic E-state index is 13.1. The van der Waals surface area contributed by atoms with Crippen molar-refractivity contribution in [3.05, 3.63) is 83.9 Å². The standard InChI is InChI=1S/C20H17N3O/c21-16-11-9-14(10-12-16)20(24)23-13-15-5-1-2-6-17(15)22-18-7-3-4-8-19(18)23/h1-12,22H,13,21H2. The third-order valence-corrected chi connectivity index (χ3v) is 4.21. The van der Waals surface area contributed by atoms with E-state index in [1.54, 1.807) is 29.2 Å². The van der Waals surface area contributed by atoms with Crippen molar-refractivity contribution in [1.29, 1.82) is 0 Å². The zero-order valence-electron chi connectivity index (χ0n) is 13.1. The van der Waals surface area contributed by atoms with Gasteiger partial charge in [-0.2, -0.15) is 0 Å². The first-order chi connectivity index (χ1) is 11.7. The van der Waals surface area contributed by atoms with Crippen LogP contribution in [0.1, 0.15) is 15.9 Å². The minimum Gasteiger partial charge on any atom is -0.399 e. The van der Waals surface area contributed by atoms with E-state index in [1.165, 1.54) is 0 Å². The second-order valence-corrected chi connectivity index (χ2v) is 5.81. The zero-order chi connectivity index (χ0) is 16.5. The van der Waals surface area contributed by atoms with Gasteiger partial charge in [-0.25, -0.2) is 0 Å². The van der Waals surface area contributed by atoms with Crippen molar-refractivity contribution in [1.82, 2.24) is 0 Å². The summed E-state index contributed by atoms with van der Waals surface area (Å²) in [6.45, 7) is 0.517. The normalized spacial score (nSPS) is 12.6. The van der Waals surface area contributed by atoms with Gasteiger partial charge in [0, 0.05) is 16.9 Å². The second kappa shape index (κ2) is 5.74. The summed E-state index contributed by atoms with van der Waals surface area (Å²) in [6, 6.07) is 23.0. The molecule has 0 saturated carbocycles. The Morgan fingerprint density at radius 1 is 0.875 bits per heavy atom. The van der Waals surface area contributed by atoms with Crippen molar-refractivity contribution >= 4 is 28.7 Å². The van der Waals surface area contributed by atoms with E-state index in [1.807, 2.05) is 48.5 Å². The molecule has 0 saturated heterocycles. The third kappa shape index (κ3) is 2.48. The number of nitrogens with two attached hydrogens (primary N) is 1. The van der Waals surface area contributed by atoms with Crippen LogP contribution in [0, 0.1) is 0 Å². The number of anilines is 4. The number of nitrogens with one attached hydrogen (secondary N) is 1. The van der Waals surface area contributed by atoms with Crippen LogP contribution in [0.4, 0.5) is 22.7 Å².